The Morgan fingerprint density at radius 3 is 2.55 bits per heavy atom. The Morgan fingerprint density at radius 2 is 1.85 bits per heavy atom. The second-order valence-corrected chi connectivity index (χ2v) is 11.8. The van der Waals surface area contributed by atoms with Gasteiger partial charge in [-0.3, -0.25) is 14.4 Å². The number of carbonyl (C=O) groups excluding carboxylic acids is 4. The number of ether oxygens (including phenoxy) is 3. The van der Waals surface area contributed by atoms with Crippen LogP contribution in [0.3, 0.4) is 0 Å². The summed E-state index contributed by atoms with van der Waals surface area (Å²) in [6, 6.07) is 9.63. The van der Waals surface area contributed by atoms with Gasteiger partial charge in [0.05, 0.1) is 17.6 Å². The highest BCUT2D eigenvalue weighted by molar-refractivity contribution is 6.01. The molecule has 1 saturated carbocycles. The minimum atomic E-state index is -1.51. The van der Waals surface area contributed by atoms with E-state index in [1.807, 2.05) is 55.5 Å². The molecule has 9 atom stereocenters. The average Bonchev–Trinajstić information content (AvgIpc) is 3.52. The quantitative estimate of drug-likeness (QED) is 0.349. The molecule has 1 amide bonds. The lowest BCUT2D eigenvalue weighted by molar-refractivity contribution is -0.177. The number of rotatable bonds is 3. The third-order valence-electron chi connectivity index (χ3n) is 9.06. The molecular weight excluding hydrogens is 510 g/mol. The van der Waals surface area contributed by atoms with Crippen molar-refractivity contribution in [2.45, 2.75) is 76.9 Å². The molecule has 1 spiro atoms. The Hall–Kier alpha value is -3.52. The summed E-state index contributed by atoms with van der Waals surface area (Å²) in [5, 5.41) is 3.17. The summed E-state index contributed by atoms with van der Waals surface area (Å²) in [6.07, 6.45) is 7.70. The predicted molar refractivity (Wildman–Crippen MR) is 147 cm³/mol. The van der Waals surface area contributed by atoms with Gasteiger partial charge in [-0.2, -0.15) is 0 Å². The molecule has 3 aliphatic heterocycles. The maximum absolute atomic E-state index is 14.0. The van der Waals surface area contributed by atoms with Gasteiger partial charge in [-0.15, -0.1) is 0 Å². The summed E-state index contributed by atoms with van der Waals surface area (Å²) in [7, 11) is 0. The Bertz CT molecular complexity index is 1300. The number of esters is 2. The fraction of sp³-hybridized carbons (Fsp3) is 0.500. The number of amides is 1. The van der Waals surface area contributed by atoms with Gasteiger partial charge < -0.3 is 19.5 Å². The van der Waals surface area contributed by atoms with E-state index in [-0.39, 0.29) is 35.8 Å². The molecule has 1 aromatic rings. The largest absolute Gasteiger partial charge is 0.450 e. The third kappa shape index (κ3) is 4.83. The average molecular weight is 548 g/mol. The molecule has 3 heterocycles. The van der Waals surface area contributed by atoms with Crippen molar-refractivity contribution in [2.24, 2.45) is 23.7 Å². The topological polar surface area (TPSA) is 111 Å². The van der Waals surface area contributed by atoms with E-state index in [0.717, 1.165) is 17.7 Å². The molecule has 0 unspecified atom stereocenters. The van der Waals surface area contributed by atoms with E-state index >= 15 is 0 Å². The first-order chi connectivity index (χ1) is 19.0. The van der Waals surface area contributed by atoms with Gasteiger partial charge >= 0.3 is 11.9 Å². The van der Waals surface area contributed by atoms with Crippen LogP contribution in [0.15, 0.2) is 66.3 Å². The van der Waals surface area contributed by atoms with Crippen LogP contribution in [0.5, 0.6) is 0 Å². The van der Waals surface area contributed by atoms with Gasteiger partial charge in [0.2, 0.25) is 11.4 Å². The zero-order valence-electron chi connectivity index (χ0n) is 23.6. The van der Waals surface area contributed by atoms with E-state index in [9.17, 15) is 19.2 Å². The molecule has 1 aliphatic carbocycles. The number of fused-ring (bicyclic) bond motifs is 2. The minimum Gasteiger partial charge on any atom is -0.450 e. The van der Waals surface area contributed by atoms with Crippen molar-refractivity contribution in [2.75, 3.05) is 0 Å². The van der Waals surface area contributed by atoms with E-state index in [1.165, 1.54) is 6.92 Å². The van der Waals surface area contributed by atoms with Crippen molar-refractivity contribution < 1.29 is 33.4 Å². The summed E-state index contributed by atoms with van der Waals surface area (Å²) in [5.41, 5.74) is -0.308. The molecular formula is C32H37NO7. The number of hydrogen-bond donors (Lipinski definition) is 1. The van der Waals surface area contributed by atoms with E-state index < -0.39 is 40.9 Å². The molecule has 2 saturated heterocycles. The number of carbonyl (C=O) groups is 4. The number of hydrogen-bond acceptors (Lipinski definition) is 7. The molecule has 40 heavy (non-hydrogen) atoms. The van der Waals surface area contributed by atoms with Crippen molar-refractivity contribution in [3.05, 3.63) is 71.8 Å². The maximum atomic E-state index is 14.0. The fourth-order valence-electron chi connectivity index (χ4n) is 7.03. The minimum absolute atomic E-state index is 0.0144. The van der Waals surface area contributed by atoms with Crippen LogP contribution in [0.1, 0.15) is 46.6 Å². The van der Waals surface area contributed by atoms with E-state index in [1.54, 1.807) is 6.92 Å². The highest BCUT2D eigenvalue weighted by Gasteiger charge is 2.78. The van der Waals surface area contributed by atoms with E-state index in [4.69, 9.17) is 14.2 Å². The molecule has 3 fully saturated rings. The van der Waals surface area contributed by atoms with Crippen molar-refractivity contribution in [3.8, 4) is 0 Å². The Balaban J connectivity index is 1.57. The SMILES string of the molecule is CC(=O)O[C@H]1C(=O)/C=C/C(=O)O[C@@]23C(=O)N[C@@H](Cc4ccccc4)[C@@H]2[C@H](C)[C@@]2(C)O[C@H]2[C@@H]3/C=C/C[C@H](C)/C=C/1C. The molecule has 0 aromatic heterocycles. The summed E-state index contributed by atoms with van der Waals surface area (Å²) >= 11 is 0. The zero-order valence-corrected chi connectivity index (χ0v) is 23.6. The first kappa shape index (κ1) is 28.0. The van der Waals surface area contributed by atoms with Crippen LogP contribution in [0.4, 0.5) is 0 Å². The van der Waals surface area contributed by atoms with Gasteiger partial charge in [-0.05, 0) is 55.7 Å². The van der Waals surface area contributed by atoms with Crippen LogP contribution in [-0.2, 0) is 39.8 Å². The number of benzene rings is 1. The highest BCUT2D eigenvalue weighted by Crippen LogP contribution is 2.63. The van der Waals surface area contributed by atoms with Crippen LogP contribution in [0, 0.1) is 23.7 Å². The predicted octanol–water partition coefficient (Wildman–Crippen LogP) is 3.65. The fourth-order valence-corrected chi connectivity index (χ4v) is 7.03. The monoisotopic (exact) mass is 547 g/mol. The van der Waals surface area contributed by atoms with Gasteiger partial charge in [0.15, 0.2) is 6.10 Å². The Morgan fingerprint density at radius 1 is 1.12 bits per heavy atom. The maximum Gasteiger partial charge on any atom is 0.331 e. The second-order valence-electron chi connectivity index (χ2n) is 11.8. The summed E-state index contributed by atoms with van der Waals surface area (Å²) < 4.78 is 17.8. The van der Waals surface area contributed by atoms with Gasteiger partial charge in [-0.1, -0.05) is 62.4 Å². The first-order valence-corrected chi connectivity index (χ1v) is 14.0. The van der Waals surface area contributed by atoms with Crippen LogP contribution in [0.25, 0.3) is 0 Å². The van der Waals surface area contributed by atoms with E-state index in [2.05, 4.69) is 19.2 Å². The molecule has 8 nitrogen and oxygen atoms in total. The van der Waals surface area contributed by atoms with Crippen LogP contribution in [0.2, 0.25) is 0 Å². The highest BCUT2D eigenvalue weighted by atomic mass is 16.6. The number of allylic oxidation sites excluding steroid dienone is 2. The van der Waals surface area contributed by atoms with Crippen LogP contribution >= 0.6 is 0 Å². The molecule has 1 N–H and O–H groups in total. The van der Waals surface area contributed by atoms with Gasteiger partial charge in [0, 0.05) is 25.0 Å². The van der Waals surface area contributed by atoms with Gasteiger partial charge in [-0.25, -0.2) is 4.79 Å². The molecule has 8 heteroatoms. The summed E-state index contributed by atoms with van der Waals surface area (Å²) in [5.74, 6) is -3.26. The van der Waals surface area contributed by atoms with Crippen molar-refractivity contribution >= 4 is 23.6 Å². The van der Waals surface area contributed by atoms with Crippen molar-refractivity contribution in [3.63, 3.8) is 0 Å². The van der Waals surface area contributed by atoms with E-state index in [0.29, 0.717) is 18.4 Å². The van der Waals surface area contributed by atoms with Crippen LogP contribution in [-0.4, -0.2) is 53.1 Å². The molecule has 5 rings (SSSR count). The van der Waals surface area contributed by atoms with Gasteiger partial charge in [0.1, 0.15) is 0 Å². The lowest BCUT2D eigenvalue weighted by Gasteiger charge is -2.45. The number of nitrogens with one attached hydrogen (secondary N) is 1. The summed E-state index contributed by atoms with van der Waals surface area (Å²) in [6.45, 7) is 9.09. The molecule has 0 bridgehead atoms. The number of ketones is 1. The number of epoxide rings is 1. The Labute approximate surface area is 234 Å². The normalized spacial score (nSPS) is 42.0. The Kier molecular flexibility index (Phi) is 7.33. The molecule has 1 aromatic carbocycles. The van der Waals surface area contributed by atoms with Crippen molar-refractivity contribution in [1.82, 2.24) is 5.32 Å². The second kappa shape index (κ2) is 10.5. The lowest BCUT2D eigenvalue weighted by Crippen LogP contribution is -2.61. The van der Waals surface area contributed by atoms with Crippen molar-refractivity contribution in [1.29, 1.82) is 0 Å². The lowest BCUT2D eigenvalue weighted by atomic mass is 9.59. The first-order valence-electron chi connectivity index (χ1n) is 14.0. The molecule has 212 valence electrons. The van der Waals surface area contributed by atoms with Crippen LogP contribution < -0.4 is 5.32 Å². The smallest absolute Gasteiger partial charge is 0.331 e. The van der Waals surface area contributed by atoms with Gasteiger partial charge in [0.25, 0.3) is 5.91 Å². The molecule has 0 radical (unpaired) electrons. The molecule has 4 aliphatic rings. The summed E-state index contributed by atoms with van der Waals surface area (Å²) in [4.78, 5) is 52.1. The zero-order chi connectivity index (χ0) is 28.8. The standard InChI is InChI=1S/C32H37NO7/c1-18-10-9-13-23-29-31(5,40-29)20(3)27-24(17-22-11-7-6-8-12-22)33-30(37)32(23,27)39-26(36)15-14-25(35)28(19(2)16-18)38-21(4)34/h6-9,11-16,18,20,23-24,27-29H,10,17H2,1-5H3,(H,33,37)/b13-9+,15-14+,19-16+/t18-,20-,23-,24-,27-,28+,29-,31+,32+/m0/s1. The third-order valence-corrected chi connectivity index (χ3v) is 9.06.